The fourth-order valence-electron chi connectivity index (χ4n) is 2.63. The molecule has 0 spiro atoms. The summed E-state index contributed by atoms with van der Waals surface area (Å²) in [6.45, 7) is 3.72. The minimum atomic E-state index is -0.525. The van der Waals surface area contributed by atoms with Gasteiger partial charge in [0, 0.05) is 10.6 Å². The third-order valence-corrected chi connectivity index (χ3v) is 5.36. The van der Waals surface area contributed by atoms with E-state index in [-0.39, 0.29) is 18.7 Å². The molecule has 0 atom stereocenters. The molecule has 0 radical (unpaired) electrons. The van der Waals surface area contributed by atoms with Crippen molar-refractivity contribution in [2.45, 2.75) is 20.4 Å². The average Bonchev–Trinajstić information content (AvgIpc) is 2.97. The van der Waals surface area contributed by atoms with E-state index in [1.165, 1.54) is 35.6 Å². The van der Waals surface area contributed by atoms with Crippen LogP contribution in [-0.2, 0) is 16.1 Å². The molecule has 0 aliphatic carbocycles. The number of fused-ring (bicyclic) bond motifs is 1. The zero-order valence-corrected chi connectivity index (χ0v) is 16.2. The maximum Gasteiger partial charge on any atom is 0.326 e. The Morgan fingerprint density at radius 3 is 2.59 bits per heavy atom. The monoisotopic (exact) mass is 406 g/mol. The fraction of sp³-hybridized carbons (Fsp3) is 0.211. The van der Waals surface area contributed by atoms with Crippen LogP contribution in [-0.4, -0.2) is 23.1 Å². The van der Waals surface area contributed by atoms with Crippen LogP contribution in [0.4, 0.5) is 4.39 Å². The van der Waals surface area contributed by atoms with Crippen LogP contribution in [0.5, 0.6) is 0 Å². The first-order valence-corrected chi connectivity index (χ1v) is 9.39. The molecule has 1 aromatic heterocycles. The summed E-state index contributed by atoms with van der Waals surface area (Å²) in [5, 5.41) is 0.550. The molecule has 0 saturated carbocycles. The van der Waals surface area contributed by atoms with Crippen molar-refractivity contribution in [1.82, 2.24) is 4.57 Å². The first-order valence-electron chi connectivity index (χ1n) is 8.19. The van der Waals surface area contributed by atoms with Gasteiger partial charge in [-0.15, -0.1) is 0 Å². The molecule has 0 fully saturated rings. The lowest BCUT2D eigenvalue weighted by Gasteiger charge is -2.08. The normalized spacial score (nSPS) is 11.8. The van der Waals surface area contributed by atoms with Gasteiger partial charge in [-0.3, -0.25) is 9.59 Å². The highest BCUT2D eigenvalue weighted by Crippen LogP contribution is 2.27. The molecule has 1 amide bonds. The Bertz CT molecular complexity index is 1090. The van der Waals surface area contributed by atoms with E-state index >= 15 is 0 Å². The number of benzene rings is 2. The summed E-state index contributed by atoms with van der Waals surface area (Å²) in [7, 11) is 0. The Kier molecular flexibility index (Phi) is 5.72. The molecule has 5 nitrogen and oxygen atoms in total. The Morgan fingerprint density at radius 1 is 1.22 bits per heavy atom. The SMILES string of the molecule is CCOC(=O)Cn1c(=NC(=O)c2ccc(F)cc2)sc2ccc(Cl)c(C)c21. The van der Waals surface area contributed by atoms with E-state index in [9.17, 15) is 14.0 Å². The minimum absolute atomic E-state index is 0.0927. The molecule has 3 aromatic rings. The summed E-state index contributed by atoms with van der Waals surface area (Å²) >= 11 is 7.49. The highest BCUT2D eigenvalue weighted by Gasteiger charge is 2.15. The van der Waals surface area contributed by atoms with Gasteiger partial charge in [-0.05, 0) is 55.8 Å². The van der Waals surface area contributed by atoms with Gasteiger partial charge in [0.05, 0.1) is 16.8 Å². The van der Waals surface area contributed by atoms with Crippen molar-refractivity contribution < 1.29 is 18.7 Å². The van der Waals surface area contributed by atoms with Crippen LogP contribution < -0.4 is 4.80 Å². The van der Waals surface area contributed by atoms with Crippen molar-refractivity contribution in [3.05, 3.63) is 63.2 Å². The number of carbonyl (C=O) groups is 2. The van der Waals surface area contributed by atoms with Gasteiger partial charge in [-0.1, -0.05) is 22.9 Å². The Hall–Kier alpha value is -2.51. The summed E-state index contributed by atoms with van der Waals surface area (Å²) in [5.41, 5.74) is 1.77. The van der Waals surface area contributed by atoms with Crippen LogP contribution in [0.1, 0.15) is 22.8 Å². The number of carbonyl (C=O) groups excluding carboxylic acids is 2. The number of rotatable bonds is 4. The largest absolute Gasteiger partial charge is 0.465 e. The van der Waals surface area contributed by atoms with Gasteiger partial charge in [-0.2, -0.15) is 4.99 Å². The second-order valence-electron chi connectivity index (χ2n) is 5.72. The Balaban J connectivity index is 2.16. The maximum atomic E-state index is 13.1. The van der Waals surface area contributed by atoms with Gasteiger partial charge in [0.25, 0.3) is 5.91 Å². The van der Waals surface area contributed by atoms with E-state index in [4.69, 9.17) is 16.3 Å². The van der Waals surface area contributed by atoms with Crippen molar-refractivity contribution >= 4 is 45.0 Å². The molecule has 0 aliphatic heterocycles. The first kappa shape index (κ1) is 19.3. The van der Waals surface area contributed by atoms with Gasteiger partial charge in [0.1, 0.15) is 12.4 Å². The zero-order chi connectivity index (χ0) is 19.6. The van der Waals surface area contributed by atoms with Crippen molar-refractivity contribution in [2.24, 2.45) is 4.99 Å². The lowest BCUT2D eigenvalue weighted by molar-refractivity contribution is -0.143. The summed E-state index contributed by atoms with van der Waals surface area (Å²) in [6, 6.07) is 8.71. The molecule has 2 aromatic carbocycles. The van der Waals surface area contributed by atoms with Gasteiger partial charge < -0.3 is 9.30 Å². The van der Waals surface area contributed by atoms with Gasteiger partial charge in [0.2, 0.25) is 0 Å². The maximum absolute atomic E-state index is 13.1. The second-order valence-corrected chi connectivity index (χ2v) is 7.14. The third kappa shape index (κ3) is 4.09. The first-order chi connectivity index (χ1) is 12.9. The highest BCUT2D eigenvalue weighted by atomic mass is 35.5. The number of nitrogens with zero attached hydrogens (tertiary/aromatic N) is 2. The lowest BCUT2D eigenvalue weighted by atomic mass is 10.2. The number of thiazole rings is 1. The van der Waals surface area contributed by atoms with Crippen molar-refractivity contribution in [1.29, 1.82) is 0 Å². The van der Waals surface area contributed by atoms with E-state index in [1.54, 1.807) is 17.6 Å². The molecule has 3 rings (SSSR count). The van der Waals surface area contributed by atoms with Gasteiger partial charge in [0.15, 0.2) is 4.80 Å². The molecule has 140 valence electrons. The smallest absolute Gasteiger partial charge is 0.326 e. The molecule has 0 aliphatic rings. The predicted molar refractivity (Wildman–Crippen MR) is 102 cm³/mol. The standard InChI is InChI=1S/C19H16ClFN2O3S/c1-3-26-16(24)10-23-17-11(2)14(20)8-9-15(17)27-19(23)22-18(25)12-4-6-13(21)7-5-12/h4-9H,3,10H2,1-2H3. The van der Waals surface area contributed by atoms with Crippen LogP contribution >= 0.6 is 22.9 Å². The molecule has 8 heteroatoms. The lowest BCUT2D eigenvalue weighted by Crippen LogP contribution is -2.23. The van der Waals surface area contributed by atoms with E-state index in [1.807, 2.05) is 13.0 Å². The topological polar surface area (TPSA) is 60.7 Å². The molecule has 0 saturated heterocycles. The minimum Gasteiger partial charge on any atom is -0.465 e. The summed E-state index contributed by atoms with van der Waals surface area (Å²) in [5.74, 6) is -1.40. The van der Waals surface area contributed by atoms with Crippen molar-refractivity contribution in [3.8, 4) is 0 Å². The van der Waals surface area contributed by atoms with E-state index in [2.05, 4.69) is 4.99 Å². The van der Waals surface area contributed by atoms with Crippen LogP contribution in [0.15, 0.2) is 41.4 Å². The van der Waals surface area contributed by atoms with E-state index in [0.29, 0.717) is 9.82 Å². The third-order valence-electron chi connectivity index (χ3n) is 3.91. The van der Waals surface area contributed by atoms with Gasteiger partial charge >= 0.3 is 5.97 Å². The Morgan fingerprint density at radius 2 is 1.93 bits per heavy atom. The summed E-state index contributed by atoms with van der Waals surface area (Å²) in [6.07, 6.45) is 0. The molecule has 0 bridgehead atoms. The molecular formula is C19H16ClFN2O3S. The van der Waals surface area contributed by atoms with Crippen LogP contribution in [0.2, 0.25) is 5.02 Å². The average molecular weight is 407 g/mol. The number of esters is 1. The van der Waals surface area contributed by atoms with Crippen LogP contribution in [0.25, 0.3) is 10.2 Å². The number of halogens is 2. The number of ether oxygens (including phenoxy) is 1. The predicted octanol–water partition coefficient (Wildman–Crippen LogP) is 4.11. The van der Waals surface area contributed by atoms with E-state index in [0.717, 1.165) is 15.8 Å². The van der Waals surface area contributed by atoms with Crippen molar-refractivity contribution in [2.75, 3.05) is 6.61 Å². The van der Waals surface area contributed by atoms with Crippen LogP contribution in [0, 0.1) is 12.7 Å². The molecule has 0 unspecified atom stereocenters. The molecular weight excluding hydrogens is 391 g/mol. The second kappa shape index (κ2) is 8.02. The number of aryl methyl sites for hydroxylation is 1. The Labute approximate surface area is 163 Å². The highest BCUT2D eigenvalue weighted by molar-refractivity contribution is 7.16. The van der Waals surface area contributed by atoms with Gasteiger partial charge in [-0.25, -0.2) is 4.39 Å². The summed E-state index contributed by atoms with van der Waals surface area (Å²) in [4.78, 5) is 29.0. The number of hydrogen-bond acceptors (Lipinski definition) is 4. The van der Waals surface area contributed by atoms with Crippen LogP contribution in [0.3, 0.4) is 0 Å². The molecule has 1 heterocycles. The molecule has 0 N–H and O–H groups in total. The number of aromatic nitrogens is 1. The number of hydrogen-bond donors (Lipinski definition) is 0. The summed E-state index contributed by atoms with van der Waals surface area (Å²) < 4.78 is 20.6. The number of amides is 1. The fourth-order valence-corrected chi connectivity index (χ4v) is 3.87. The van der Waals surface area contributed by atoms with Crippen molar-refractivity contribution in [3.63, 3.8) is 0 Å². The zero-order valence-electron chi connectivity index (χ0n) is 14.7. The van der Waals surface area contributed by atoms with E-state index < -0.39 is 17.7 Å². The molecule has 27 heavy (non-hydrogen) atoms. The quantitative estimate of drug-likeness (QED) is 0.612.